The fraction of sp³-hybridized carbons (Fsp3) is 0.467. The number of nitrogens with zero attached hydrogens (tertiary/aromatic N) is 4. The van der Waals surface area contributed by atoms with Crippen LogP contribution in [-0.2, 0) is 6.42 Å². The fourth-order valence-corrected chi connectivity index (χ4v) is 3.48. The third-order valence-electron chi connectivity index (χ3n) is 3.43. The van der Waals surface area contributed by atoms with Crippen molar-refractivity contribution < 1.29 is 0 Å². The first-order valence-electron chi connectivity index (χ1n) is 6.73. The molecule has 104 valence electrons. The minimum absolute atomic E-state index is 0.202. The topological polar surface area (TPSA) is 51.6 Å². The van der Waals surface area contributed by atoms with Crippen molar-refractivity contribution in [2.75, 3.05) is 0 Å². The van der Waals surface area contributed by atoms with E-state index in [-0.39, 0.29) is 5.41 Å². The summed E-state index contributed by atoms with van der Waals surface area (Å²) in [6.07, 6.45) is 2.61. The Bertz CT molecular complexity index is 799. The second-order valence-corrected chi connectivity index (χ2v) is 7.43. The van der Waals surface area contributed by atoms with Gasteiger partial charge in [-0.2, -0.15) is 5.10 Å². The molecule has 0 radical (unpaired) electrons. The fourth-order valence-electron chi connectivity index (χ4n) is 2.36. The summed E-state index contributed by atoms with van der Waals surface area (Å²) in [7, 11) is 0. The van der Waals surface area contributed by atoms with Crippen molar-refractivity contribution in [3.63, 3.8) is 0 Å². The van der Waals surface area contributed by atoms with Crippen molar-refractivity contribution in [1.82, 2.24) is 20.2 Å². The van der Waals surface area contributed by atoms with Gasteiger partial charge in [0.25, 0.3) is 0 Å². The van der Waals surface area contributed by atoms with Crippen molar-refractivity contribution >= 4 is 31.8 Å². The molecule has 0 aliphatic rings. The van der Waals surface area contributed by atoms with Crippen molar-refractivity contribution in [2.24, 2.45) is 5.41 Å². The Hall–Kier alpha value is -1.62. The van der Waals surface area contributed by atoms with Crippen LogP contribution in [0, 0.1) is 19.3 Å². The zero-order valence-corrected chi connectivity index (χ0v) is 13.3. The molecular formula is C15H18N4S. The maximum absolute atomic E-state index is 4.49. The minimum atomic E-state index is 0.202. The van der Waals surface area contributed by atoms with E-state index in [1.54, 1.807) is 17.7 Å². The summed E-state index contributed by atoms with van der Waals surface area (Å²) in [4.78, 5) is 9.94. The molecule has 0 atom stereocenters. The molecule has 3 aromatic heterocycles. The lowest BCUT2D eigenvalue weighted by Crippen LogP contribution is -2.10. The molecule has 0 aliphatic heterocycles. The predicted molar refractivity (Wildman–Crippen MR) is 83.1 cm³/mol. The smallest absolute Gasteiger partial charge is 0.149 e. The van der Waals surface area contributed by atoms with Gasteiger partial charge in [-0.15, -0.1) is 16.4 Å². The lowest BCUT2D eigenvalue weighted by Gasteiger charge is -2.17. The molecule has 0 N–H and O–H groups in total. The van der Waals surface area contributed by atoms with Crippen molar-refractivity contribution in [2.45, 2.75) is 41.0 Å². The molecule has 0 aromatic carbocycles. The highest BCUT2D eigenvalue weighted by molar-refractivity contribution is 7.25. The monoisotopic (exact) mass is 286 g/mol. The number of fused-ring (bicyclic) bond motifs is 3. The summed E-state index contributed by atoms with van der Waals surface area (Å²) in [5.74, 6) is 0. The summed E-state index contributed by atoms with van der Waals surface area (Å²) in [5.41, 5.74) is 4.47. The summed E-state index contributed by atoms with van der Waals surface area (Å²) in [6.45, 7) is 10.8. The van der Waals surface area contributed by atoms with Crippen molar-refractivity contribution in [3.8, 4) is 0 Å². The van der Waals surface area contributed by atoms with Crippen LogP contribution in [0.5, 0.6) is 0 Å². The van der Waals surface area contributed by atoms with Crippen LogP contribution in [0.15, 0.2) is 6.33 Å². The van der Waals surface area contributed by atoms with E-state index in [1.807, 2.05) is 6.92 Å². The summed E-state index contributed by atoms with van der Waals surface area (Å²) < 4.78 is 1.15. The Balaban J connectivity index is 2.34. The average Bonchev–Trinajstić information content (AvgIpc) is 2.72. The van der Waals surface area contributed by atoms with Gasteiger partial charge in [0.2, 0.25) is 0 Å². The first-order chi connectivity index (χ1) is 9.37. The Labute approximate surface area is 122 Å². The lowest BCUT2D eigenvalue weighted by molar-refractivity contribution is 0.408. The molecule has 0 unspecified atom stereocenters. The Morgan fingerprint density at radius 1 is 1.10 bits per heavy atom. The first-order valence-corrected chi connectivity index (χ1v) is 7.54. The predicted octanol–water partition coefficient (Wildman–Crippen LogP) is 3.84. The van der Waals surface area contributed by atoms with Gasteiger partial charge < -0.3 is 0 Å². The highest BCUT2D eigenvalue weighted by atomic mass is 32.1. The minimum Gasteiger partial charge on any atom is -0.240 e. The molecule has 0 aliphatic carbocycles. The van der Waals surface area contributed by atoms with E-state index >= 15 is 0 Å². The van der Waals surface area contributed by atoms with Gasteiger partial charge in [-0.1, -0.05) is 20.8 Å². The van der Waals surface area contributed by atoms with Gasteiger partial charge in [0, 0.05) is 5.39 Å². The van der Waals surface area contributed by atoms with Gasteiger partial charge in [-0.05, 0) is 31.2 Å². The van der Waals surface area contributed by atoms with Gasteiger partial charge in [-0.3, -0.25) is 0 Å². The molecule has 5 heteroatoms. The van der Waals surface area contributed by atoms with Crippen LogP contribution in [0.25, 0.3) is 20.4 Å². The molecule has 20 heavy (non-hydrogen) atoms. The largest absolute Gasteiger partial charge is 0.240 e. The van der Waals surface area contributed by atoms with Crippen LogP contribution in [-0.4, -0.2) is 20.2 Å². The van der Waals surface area contributed by atoms with Crippen LogP contribution in [0.3, 0.4) is 0 Å². The third-order valence-corrected chi connectivity index (χ3v) is 4.55. The SMILES string of the molecule is Cc1nnc2sc3c(CC(C)(C)C)ncnc3c2c1C. The third kappa shape index (κ3) is 2.16. The summed E-state index contributed by atoms with van der Waals surface area (Å²) in [5, 5.41) is 9.67. The van der Waals surface area contributed by atoms with Gasteiger partial charge in [0.1, 0.15) is 11.2 Å². The van der Waals surface area contributed by atoms with E-state index in [2.05, 4.69) is 47.9 Å². The molecule has 3 rings (SSSR count). The molecule has 0 bridgehead atoms. The van der Waals surface area contributed by atoms with E-state index in [9.17, 15) is 0 Å². The molecule has 3 heterocycles. The first kappa shape index (κ1) is 13.4. The van der Waals surface area contributed by atoms with Crippen LogP contribution < -0.4 is 0 Å². The maximum atomic E-state index is 4.49. The molecular weight excluding hydrogens is 268 g/mol. The molecule has 0 spiro atoms. The molecule has 0 saturated carbocycles. The van der Waals surface area contributed by atoms with E-state index in [0.717, 1.165) is 38.2 Å². The van der Waals surface area contributed by atoms with Crippen LogP contribution >= 0.6 is 11.3 Å². The molecule has 0 fully saturated rings. The number of hydrogen-bond donors (Lipinski definition) is 0. The number of thiophene rings is 1. The highest BCUT2D eigenvalue weighted by Gasteiger charge is 2.19. The van der Waals surface area contributed by atoms with Crippen molar-refractivity contribution in [1.29, 1.82) is 0 Å². The quantitative estimate of drug-likeness (QED) is 0.682. The van der Waals surface area contributed by atoms with E-state index < -0.39 is 0 Å². The number of rotatable bonds is 1. The van der Waals surface area contributed by atoms with Crippen LogP contribution in [0.2, 0.25) is 0 Å². The van der Waals surface area contributed by atoms with Gasteiger partial charge >= 0.3 is 0 Å². The van der Waals surface area contributed by atoms with E-state index in [1.165, 1.54) is 5.56 Å². The zero-order valence-electron chi connectivity index (χ0n) is 12.5. The maximum Gasteiger partial charge on any atom is 0.149 e. The van der Waals surface area contributed by atoms with Gasteiger partial charge in [0.15, 0.2) is 0 Å². The van der Waals surface area contributed by atoms with Crippen LogP contribution in [0.4, 0.5) is 0 Å². The zero-order chi connectivity index (χ0) is 14.5. The molecule has 0 amide bonds. The molecule has 0 saturated heterocycles. The van der Waals surface area contributed by atoms with E-state index in [0.29, 0.717) is 0 Å². The summed E-state index contributed by atoms with van der Waals surface area (Å²) >= 11 is 1.65. The van der Waals surface area contributed by atoms with Crippen molar-refractivity contribution in [3.05, 3.63) is 23.3 Å². The molecule has 3 aromatic rings. The average molecular weight is 286 g/mol. The van der Waals surface area contributed by atoms with Crippen LogP contribution in [0.1, 0.15) is 37.7 Å². The Morgan fingerprint density at radius 2 is 1.85 bits per heavy atom. The normalized spacial score (nSPS) is 12.4. The highest BCUT2D eigenvalue weighted by Crippen LogP contribution is 2.36. The Kier molecular flexibility index (Phi) is 2.97. The summed E-state index contributed by atoms with van der Waals surface area (Å²) in [6, 6.07) is 0. The number of aryl methyl sites for hydroxylation is 2. The second-order valence-electron chi connectivity index (χ2n) is 6.43. The second kappa shape index (κ2) is 4.45. The lowest BCUT2D eigenvalue weighted by atomic mass is 9.90. The Morgan fingerprint density at radius 3 is 2.55 bits per heavy atom. The molecule has 4 nitrogen and oxygen atoms in total. The van der Waals surface area contributed by atoms with Gasteiger partial charge in [-0.25, -0.2) is 9.97 Å². The van der Waals surface area contributed by atoms with E-state index in [4.69, 9.17) is 0 Å². The van der Waals surface area contributed by atoms with Gasteiger partial charge in [0.05, 0.1) is 21.6 Å². The number of aromatic nitrogens is 4. The standard InChI is InChI=1S/C15H18N4S/c1-8-9(2)18-19-14-11(8)12-13(20-14)10(16-7-17-12)6-15(3,4)5/h7H,6H2,1-5H3. The number of hydrogen-bond acceptors (Lipinski definition) is 5.